The molecule has 4 aromatic rings. The fourth-order valence-corrected chi connectivity index (χ4v) is 6.03. The Morgan fingerprint density at radius 2 is 1.58 bits per heavy atom. The normalized spacial score (nSPS) is 13.4. The SMILES string of the molecule is CN(C)CCN(C)S(=O)(=O)c1ccccc1-c1ccc2nc(N)nc(C(=O)N3Cc4ccccc4C3)c2c1. The van der Waals surface area contributed by atoms with Gasteiger partial charge in [0.2, 0.25) is 16.0 Å². The molecule has 0 aliphatic carbocycles. The quantitative estimate of drug-likeness (QED) is 0.390. The maximum absolute atomic E-state index is 13.6. The topological polar surface area (TPSA) is 113 Å². The molecule has 0 saturated carbocycles. The highest BCUT2D eigenvalue weighted by Crippen LogP contribution is 2.33. The zero-order valence-electron chi connectivity index (χ0n) is 21.6. The number of sulfonamides is 1. The molecule has 0 atom stereocenters. The summed E-state index contributed by atoms with van der Waals surface area (Å²) in [4.78, 5) is 26.2. The number of likely N-dealkylation sites (N-methyl/N-ethyl adjacent to an activating group) is 2. The van der Waals surface area contributed by atoms with E-state index in [1.54, 1.807) is 54.4 Å². The van der Waals surface area contributed by atoms with Gasteiger partial charge >= 0.3 is 0 Å². The van der Waals surface area contributed by atoms with E-state index in [0.717, 1.165) is 11.1 Å². The van der Waals surface area contributed by atoms with Gasteiger partial charge in [-0.05, 0) is 49.0 Å². The second kappa shape index (κ2) is 10.1. The van der Waals surface area contributed by atoms with Crippen LogP contribution in [0, 0.1) is 0 Å². The molecule has 5 rings (SSSR count). The molecule has 196 valence electrons. The highest BCUT2D eigenvalue weighted by atomic mass is 32.2. The molecule has 0 radical (unpaired) electrons. The Morgan fingerprint density at radius 1 is 0.921 bits per heavy atom. The van der Waals surface area contributed by atoms with E-state index in [9.17, 15) is 13.2 Å². The Kier molecular flexibility index (Phi) is 6.87. The maximum atomic E-state index is 13.6. The Bertz CT molecular complexity index is 1610. The summed E-state index contributed by atoms with van der Waals surface area (Å²) in [5.41, 5.74) is 10.1. The Balaban J connectivity index is 1.56. The van der Waals surface area contributed by atoms with E-state index in [1.807, 2.05) is 43.3 Å². The largest absolute Gasteiger partial charge is 0.368 e. The van der Waals surface area contributed by atoms with Gasteiger partial charge in [0.15, 0.2) is 0 Å². The van der Waals surface area contributed by atoms with Crippen LogP contribution >= 0.6 is 0 Å². The van der Waals surface area contributed by atoms with E-state index in [1.165, 1.54) is 4.31 Å². The molecule has 1 aliphatic heterocycles. The second-order valence-corrected chi connectivity index (χ2v) is 11.7. The van der Waals surface area contributed by atoms with Gasteiger partial charge in [0.1, 0.15) is 5.69 Å². The summed E-state index contributed by atoms with van der Waals surface area (Å²) in [6.07, 6.45) is 0. The molecular formula is C28H30N6O3S. The summed E-state index contributed by atoms with van der Waals surface area (Å²) >= 11 is 0. The summed E-state index contributed by atoms with van der Waals surface area (Å²) in [6.45, 7) is 1.92. The van der Waals surface area contributed by atoms with E-state index in [-0.39, 0.29) is 22.4 Å². The third-order valence-electron chi connectivity index (χ3n) is 6.79. The van der Waals surface area contributed by atoms with E-state index in [4.69, 9.17) is 5.73 Å². The van der Waals surface area contributed by atoms with Crippen molar-refractivity contribution in [2.45, 2.75) is 18.0 Å². The number of nitrogens with zero attached hydrogens (tertiary/aromatic N) is 5. The molecule has 0 saturated heterocycles. The molecule has 2 heterocycles. The molecule has 9 nitrogen and oxygen atoms in total. The minimum absolute atomic E-state index is 0.0100. The molecule has 0 bridgehead atoms. The van der Waals surface area contributed by atoms with Crippen molar-refractivity contribution in [3.63, 3.8) is 0 Å². The average molecular weight is 531 g/mol. The van der Waals surface area contributed by atoms with Crippen LogP contribution in [-0.4, -0.2) is 72.6 Å². The number of amides is 1. The maximum Gasteiger partial charge on any atom is 0.273 e. The van der Waals surface area contributed by atoms with Gasteiger partial charge in [-0.2, -0.15) is 4.31 Å². The molecule has 38 heavy (non-hydrogen) atoms. The number of hydrogen-bond donors (Lipinski definition) is 1. The van der Waals surface area contributed by atoms with Crippen molar-refractivity contribution < 1.29 is 13.2 Å². The fourth-order valence-electron chi connectivity index (χ4n) is 4.66. The molecule has 0 unspecified atom stereocenters. The van der Waals surface area contributed by atoms with Crippen LogP contribution in [0.15, 0.2) is 71.6 Å². The molecule has 1 aromatic heterocycles. The first-order valence-corrected chi connectivity index (χ1v) is 13.7. The van der Waals surface area contributed by atoms with Crippen molar-refractivity contribution >= 4 is 32.8 Å². The standard InChI is InChI=1S/C28H30N6O3S/c1-32(2)14-15-33(3)38(36,37)25-11-7-6-10-22(25)19-12-13-24-23(16-19)26(31-28(29)30-24)27(35)34-17-20-8-4-5-9-21(20)18-34/h4-13,16H,14-15,17-18H2,1-3H3,(H2,29,30,31). The van der Waals surface area contributed by atoms with Crippen LogP contribution in [0.3, 0.4) is 0 Å². The number of rotatable bonds is 7. The number of benzene rings is 3. The van der Waals surface area contributed by atoms with Gasteiger partial charge in [0.05, 0.1) is 10.4 Å². The third-order valence-corrected chi connectivity index (χ3v) is 8.71. The average Bonchev–Trinajstić information content (AvgIpc) is 3.35. The lowest BCUT2D eigenvalue weighted by molar-refractivity contribution is 0.0747. The Morgan fingerprint density at radius 3 is 2.26 bits per heavy atom. The lowest BCUT2D eigenvalue weighted by atomic mass is 10.0. The van der Waals surface area contributed by atoms with E-state index < -0.39 is 10.0 Å². The van der Waals surface area contributed by atoms with Crippen LogP contribution in [0.25, 0.3) is 22.0 Å². The first-order valence-electron chi connectivity index (χ1n) is 12.3. The molecule has 1 aliphatic rings. The summed E-state index contributed by atoms with van der Waals surface area (Å²) in [5, 5.41) is 0.519. The highest BCUT2D eigenvalue weighted by Gasteiger charge is 2.28. The summed E-state index contributed by atoms with van der Waals surface area (Å²) in [6, 6.07) is 20.1. The van der Waals surface area contributed by atoms with Crippen molar-refractivity contribution in [2.24, 2.45) is 0 Å². The third kappa shape index (κ3) is 4.85. The fraction of sp³-hybridized carbons (Fsp3) is 0.250. The van der Waals surface area contributed by atoms with Crippen molar-refractivity contribution in [1.82, 2.24) is 24.1 Å². The van der Waals surface area contributed by atoms with Crippen LogP contribution in [-0.2, 0) is 23.1 Å². The van der Waals surface area contributed by atoms with Gasteiger partial charge in [-0.3, -0.25) is 4.79 Å². The number of nitrogen functional groups attached to an aromatic ring is 1. The first-order chi connectivity index (χ1) is 18.1. The van der Waals surface area contributed by atoms with Crippen molar-refractivity contribution in [3.8, 4) is 11.1 Å². The van der Waals surface area contributed by atoms with Gasteiger partial charge in [-0.1, -0.05) is 48.5 Å². The van der Waals surface area contributed by atoms with Crippen LogP contribution in [0.4, 0.5) is 5.95 Å². The van der Waals surface area contributed by atoms with Gasteiger partial charge in [0, 0.05) is 44.2 Å². The monoisotopic (exact) mass is 530 g/mol. The van der Waals surface area contributed by atoms with Crippen LogP contribution in [0.2, 0.25) is 0 Å². The second-order valence-electron chi connectivity index (χ2n) is 9.72. The number of anilines is 1. The van der Waals surface area contributed by atoms with Crippen LogP contribution in [0.1, 0.15) is 21.6 Å². The highest BCUT2D eigenvalue weighted by molar-refractivity contribution is 7.89. The molecule has 10 heteroatoms. The summed E-state index contributed by atoms with van der Waals surface area (Å²) < 4.78 is 28.4. The molecular weight excluding hydrogens is 500 g/mol. The number of carbonyl (C=O) groups excluding carboxylic acids is 1. The molecule has 3 aromatic carbocycles. The summed E-state index contributed by atoms with van der Waals surface area (Å²) in [7, 11) is 1.62. The van der Waals surface area contributed by atoms with Crippen molar-refractivity contribution in [3.05, 3.63) is 83.6 Å². The van der Waals surface area contributed by atoms with Crippen LogP contribution in [0.5, 0.6) is 0 Å². The predicted octanol–water partition coefficient (Wildman–Crippen LogP) is 3.22. The lowest BCUT2D eigenvalue weighted by Gasteiger charge is -2.21. The Hall–Kier alpha value is -3.86. The van der Waals surface area contributed by atoms with E-state index in [2.05, 4.69) is 9.97 Å². The van der Waals surface area contributed by atoms with E-state index in [0.29, 0.717) is 48.2 Å². The van der Waals surface area contributed by atoms with Crippen molar-refractivity contribution in [2.75, 3.05) is 40.0 Å². The predicted molar refractivity (Wildman–Crippen MR) is 148 cm³/mol. The summed E-state index contributed by atoms with van der Waals surface area (Å²) in [5.74, 6) is -0.238. The van der Waals surface area contributed by atoms with Gasteiger partial charge in [-0.15, -0.1) is 0 Å². The minimum atomic E-state index is -3.76. The Labute approximate surface area is 222 Å². The molecule has 1 amide bonds. The number of aromatic nitrogens is 2. The van der Waals surface area contributed by atoms with Crippen LogP contribution < -0.4 is 5.73 Å². The smallest absolute Gasteiger partial charge is 0.273 e. The lowest BCUT2D eigenvalue weighted by Crippen LogP contribution is -2.33. The van der Waals surface area contributed by atoms with Crippen molar-refractivity contribution in [1.29, 1.82) is 0 Å². The zero-order chi connectivity index (χ0) is 27.0. The molecule has 0 fully saturated rings. The van der Waals surface area contributed by atoms with Gasteiger partial charge < -0.3 is 15.5 Å². The molecule has 2 N–H and O–H groups in total. The number of hydrogen-bond acceptors (Lipinski definition) is 7. The van der Waals surface area contributed by atoms with Gasteiger partial charge in [0.25, 0.3) is 5.91 Å². The zero-order valence-corrected chi connectivity index (χ0v) is 22.4. The molecule has 0 spiro atoms. The number of fused-ring (bicyclic) bond motifs is 2. The van der Waals surface area contributed by atoms with Gasteiger partial charge in [-0.25, -0.2) is 18.4 Å². The van der Waals surface area contributed by atoms with E-state index >= 15 is 0 Å². The number of nitrogens with two attached hydrogens (primary N) is 1. The minimum Gasteiger partial charge on any atom is -0.368 e. The number of carbonyl (C=O) groups is 1. The first kappa shape index (κ1) is 25.8.